The van der Waals surface area contributed by atoms with Crippen LogP contribution in [-0.2, 0) is 11.3 Å². The topological polar surface area (TPSA) is 77.2 Å². The van der Waals surface area contributed by atoms with Gasteiger partial charge in [-0.25, -0.2) is 0 Å². The summed E-state index contributed by atoms with van der Waals surface area (Å²) in [6.07, 6.45) is 0. The van der Waals surface area contributed by atoms with Crippen molar-refractivity contribution in [2.24, 2.45) is 0 Å². The molecule has 1 heterocycles. The molecule has 1 N–H and O–H groups in total. The summed E-state index contributed by atoms with van der Waals surface area (Å²) in [6.45, 7) is 1.85. The molecule has 0 saturated carbocycles. The van der Waals surface area contributed by atoms with Gasteiger partial charge in [-0.3, -0.25) is 4.79 Å². The first kappa shape index (κ1) is 14.1. The van der Waals surface area contributed by atoms with Crippen molar-refractivity contribution in [2.45, 2.75) is 13.5 Å². The average molecular weight is 297 g/mol. The first-order valence-corrected chi connectivity index (χ1v) is 6.88. The molecular weight excluding hydrogens is 282 g/mol. The second kappa shape index (κ2) is 6.26. The largest absolute Gasteiger partial charge is 0.484 e. The summed E-state index contributed by atoms with van der Waals surface area (Å²) >= 11 is 0. The van der Waals surface area contributed by atoms with Gasteiger partial charge < -0.3 is 14.6 Å². The van der Waals surface area contributed by atoms with Crippen molar-refractivity contribution >= 4 is 16.7 Å². The van der Waals surface area contributed by atoms with Crippen molar-refractivity contribution in [3.8, 4) is 5.75 Å². The predicted octanol–water partition coefficient (Wildman–Crippen LogP) is 2.23. The minimum absolute atomic E-state index is 0.0640. The summed E-state index contributed by atoms with van der Waals surface area (Å²) in [6, 6.07) is 13.7. The maximum Gasteiger partial charge on any atom is 0.258 e. The zero-order valence-corrected chi connectivity index (χ0v) is 12.1. The van der Waals surface area contributed by atoms with Crippen molar-refractivity contribution in [3.63, 3.8) is 0 Å². The minimum Gasteiger partial charge on any atom is -0.484 e. The summed E-state index contributed by atoms with van der Waals surface area (Å²) < 4.78 is 10.4. The molecular formula is C16H15N3O3. The fraction of sp³-hybridized carbons (Fsp3) is 0.188. The number of benzene rings is 2. The number of ether oxygens (including phenoxy) is 1. The molecule has 0 saturated heterocycles. The van der Waals surface area contributed by atoms with Gasteiger partial charge in [0.1, 0.15) is 5.75 Å². The van der Waals surface area contributed by atoms with E-state index in [1.54, 1.807) is 6.92 Å². The van der Waals surface area contributed by atoms with Crippen LogP contribution in [0.5, 0.6) is 5.75 Å². The summed E-state index contributed by atoms with van der Waals surface area (Å²) in [4.78, 5) is 15.7. The first-order valence-electron chi connectivity index (χ1n) is 6.88. The molecule has 0 aliphatic rings. The van der Waals surface area contributed by atoms with Crippen LogP contribution in [0, 0.1) is 6.92 Å². The number of nitrogens with one attached hydrogen (secondary N) is 1. The molecule has 2 aromatic carbocycles. The minimum atomic E-state index is -0.246. The quantitative estimate of drug-likeness (QED) is 0.781. The van der Waals surface area contributed by atoms with Crippen molar-refractivity contribution < 1.29 is 14.1 Å². The lowest BCUT2D eigenvalue weighted by Gasteiger charge is -2.07. The lowest BCUT2D eigenvalue weighted by atomic mass is 10.1. The van der Waals surface area contributed by atoms with E-state index >= 15 is 0 Å². The summed E-state index contributed by atoms with van der Waals surface area (Å²) in [5.41, 5.74) is 0. The third-order valence-electron chi connectivity index (χ3n) is 3.10. The predicted molar refractivity (Wildman–Crippen MR) is 80.3 cm³/mol. The van der Waals surface area contributed by atoms with Gasteiger partial charge in [-0.15, -0.1) is 0 Å². The highest BCUT2D eigenvalue weighted by molar-refractivity contribution is 5.84. The Kier molecular flexibility index (Phi) is 4.00. The van der Waals surface area contributed by atoms with Crippen LogP contribution in [-0.4, -0.2) is 22.7 Å². The Hall–Kier alpha value is -2.89. The number of aryl methyl sites for hydroxylation is 1. The Morgan fingerprint density at radius 2 is 2.05 bits per heavy atom. The Balaban J connectivity index is 1.53. The van der Waals surface area contributed by atoms with Gasteiger partial charge >= 0.3 is 0 Å². The molecule has 1 amide bonds. The van der Waals surface area contributed by atoms with E-state index in [4.69, 9.17) is 9.26 Å². The van der Waals surface area contributed by atoms with E-state index in [0.29, 0.717) is 17.5 Å². The molecule has 0 aliphatic carbocycles. The molecule has 112 valence electrons. The Bertz CT molecular complexity index is 798. The molecule has 0 radical (unpaired) electrons. The van der Waals surface area contributed by atoms with Crippen molar-refractivity contribution in [3.05, 3.63) is 54.2 Å². The van der Waals surface area contributed by atoms with E-state index in [0.717, 1.165) is 10.8 Å². The number of amides is 1. The Morgan fingerprint density at radius 3 is 2.82 bits per heavy atom. The van der Waals surface area contributed by atoms with Gasteiger partial charge in [0.15, 0.2) is 12.4 Å². The highest BCUT2D eigenvalue weighted by Gasteiger charge is 2.07. The number of hydrogen-bond donors (Lipinski definition) is 1. The van der Waals surface area contributed by atoms with Crippen LogP contribution in [0.3, 0.4) is 0 Å². The number of fused-ring (bicyclic) bond motifs is 1. The summed E-state index contributed by atoms with van der Waals surface area (Å²) in [7, 11) is 0. The first-order chi connectivity index (χ1) is 10.7. The normalized spacial score (nSPS) is 10.6. The second-order valence-corrected chi connectivity index (χ2v) is 4.81. The second-order valence-electron chi connectivity index (χ2n) is 4.81. The molecule has 6 heteroatoms. The molecule has 1 aromatic heterocycles. The van der Waals surface area contributed by atoms with Crippen molar-refractivity contribution in [1.82, 2.24) is 15.5 Å². The highest BCUT2D eigenvalue weighted by Crippen LogP contribution is 2.20. The molecule has 0 atom stereocenters. The van der Waals surface area contributed by atoms with Gasteiger partial charge in [0, 0.05) is 0 Å². The van der Waals surface area contributed by atoms with Crippen LogP contribution < -0.4 is 10.1 Å². The van der Waals surface area contributed by atoms with Crippen molar-refractivity contribution in [2.75, 3.05) is 6.61 Å². The lowest BCUT2D eigenvalue weighted by Crippen LogP contribution is -2.28. The Morgan fingerprint density at radius 1 is 1.23 bits per heavy atom. The van der Waals surface area contributed by atoms with Gasteiger partial charge in [0.05, 0.1) is 6.54 Å². The van der Waals surface area contributed by atoms with E-state index in [2.05, 4.69) is 15.5 Å². The Labute approximate surface area is 127 Å². The van der Waals surface area contributed by atoms with Gasteiger partial charge in [0.2, 0.25) is 5.89 Å². The van der Waals surface area contributed by atoms with Crippen LogP contribution in [0.4, 0.5) is 0 Å². The third-order valence-corrected chi connectivity index (χ3v) is 3.10. The maximum absolute atomic E-state index is 11.7. The third kappa shape index (κ3) is 3.41. The van der Waals surface area contributed by atoms with Crippen LogP contribution in [0.15, 0.2) is 47.0 Å². The molecule has 22 heavy (non-hydrogen) atoms. The monoisotopic (exact) mass is 297 g/mol. The molecule has 0 unspecified atom stereocenters. The van der Waals surface area contributed by atoms with E-state index in [-0.39, 0.29) is 19.1 Å². The van der Waals surface area contributed by atoms with Gasteiger partial charge in [0.25, 0.3) is 5.91 Å². The lowest BCUT2D eigenvalue weighted by molar-refractivity contribution is -0.123. The highest BCUT2D eigenvalue weighted by atomic mass is 16.5. The van der Waals surface area contributed by atoms with E-state index in [9.17, 15) is 4.79 Å². The average Bonchev–Trinajstić information content (AvgIpc) is 2.96. The van der Waals surface area contributed by atoms with Gasteiger partial charge in [-0.05, 0) is 29.8 Å². The smallest absolute Gasteiger partial charge is 0.258 e. The molecule has 3 rings (SSSR count). The van der Waals surface area contributed by atoms with E-state index in [1.165, 1.54) is 0 Å². The molecule has 0 aliphatic heterocycles. The zero-order chi connectivity index (χ0) is 15.4. The number of aromatic nitrogens is 2. The van der Waals surface area contributed by atoms with Crippen LogP contribution in [0.25, 0.3) is 10.8 Å². The number of hydrogen-bond acceptors (Lipinski definition) is 5. The molecule has 0 fully saturated rings. The maximum atomic E-state index is 11.7. The standard InChI is InChI=1S/C16H15N3O3/c1-11-18-16(22-19-11)9-17-15(20)10-21-14-7-6-12-4-2-3-5-13(12)8-14/h2-8H,9-10H2,1H3,(H,17,20). The molecule has 0 spiro atoms. The fourth-order valence-corrected chi connectivity index (χ4v) is 2.04. The number of rotatable bonds is 5. The van der Waals surface area contributed by atoms with Crippen LogP contribution in [0.2, 0.25) is 0 Å². The van der Waals surface area contributed by atoms with E-state index < -0.39 is 0 Å². The summed E-state index contributed by atoms with van der Waals surface area (Å²) in [5, 5.41) is 8.51. The van der Waals surface area contributed by atoms with Gasteiger partial charge in [-0.2, -0.15) is 4.98 Å². The van der Waals surface area contributed by atoms with Crippen LogP contribution >= 0.6 is 0 Å². The van der Waals surface area contributed by atoms with Crippen molar-refractivity contribution in [1.29, 1.82) is 0 Å². The van der Waals surface area contributed by atoms with Gasteiger partial charge in [-0.1, -0.05) is 35.5 Å². The molecule has 6 nitrogen and oxygen atoms in total. The number of carbonyl (C=O) groups is 1. The molecule has 0 bridgehead atoms. The molecule has 3 aromatic rings. The number of nitrogens with zero attached hydrogens (tertiary/aromatic N) is 2. The number of carbonyl (C=O) groups excluding carboxylic acids is 1. The SMILES string of the molecule is Cc1noc(CNC(=O)COc2ccc3ccccc3c2)n1. The zero-order valence-electron chi connectivity index (χ0n) is 12.1. The van der Waals surface area contributed by atoms with Crippen LogP contribution in [0.1, 0.15) is 11.7 Å². The van der Waals surface area contributed by atoms with E-state index in [1.807, 2.05) is 42.5 Å². The summed E-state index contributed by atoms with van der Waals surface area (Å²) in [5.74, 6) is 1.32. The fourth-order valence-electron chi connectivity index (χ4n) is 2.04.